The molecule has 1 aromatic carbocycles. The van der Waals surface area contributed by atoms with Gasteiger partial charge in [0.25, 0.3) is 0 Å². The third kappa shape index (κ3) is 2.48. The number of benzene rings is 1. The summed E-state index contributed by atoms with van der Waals surface area (Å²) in [5.74, 6) is -0.0953. The van der Waals surface area contributed by atoms with Crippen molar-refractivity contribution < 1.29 is 13.9 Å². The Morgan fingerprint density at radius 1 is 1.35 bits per heavy atom. The molecule has 3 heteroatoms. The summed E-state index contributed by atoms with van der Waals surface area (Å²) >= 11 is 0. The highest BCUT2D eigenvalue weighted by Crippen LogP contribution is 2.29. The van der Waals surface area contributed by atoms with Gasteiger partial charge in [0.2, 0.25) is 5.76 Å². The predicted molar refractivity (Wildman–Crippen MR) is 80.8 cm³/mol. The molecule has 0 bridgehead atoms. The summed E-state index contributed by atoms with van der Waals surface area (Å²) in [6.45, 7) is 8.19. The van der Waals surface area contributed by atoms with E-state index >= 15 is 0 Å². The van der Waals surface area contributed by atoms with E-state index in [9.17, 15) is 4.79 Å². The molecule has 0 saturated heterocycles. The Hall–Kier alpha value is -2.03. The summed E-state index contributed by atoms with van der Waals surface area (Å²) in [6, 6.07) is 6.02. The van der Waals surface area contributed by atoms with Crippen LogP contribution in [0.2, 0.25) is 0 Å². The Morgan fingerprint density at radius 3 is 2.70 bits per heavy atom. The lowest BCUT2D eigenvalue weighted by Crippen LogP contribution is -2.04. The van der Waals surface area contributed by atoms with Gasteiger partial charge in [-0.3, -0.25) is 0 Å². The van der Waals surface area contributed by atoms with Crippen LogP contribution in [-0.4, -0.2) is 12.6 Å². The molecule has 0 saturated carbocycles. The number of fused-ring (bicyclic) bond motifs is 1. The second-order valence-electron chi connectivity index (χ2n) is 4.66. The van der Waals surface area contributed by atoms with Crippen LogP contribution in [0.1, 0.15) is 48.9 Å². The van der Waals surface area contributed by atoms with E-state index in [1.54, 1.807) is 6.92 Å². The van der Waals surface area contributed by atoms with Gasteiger partial charge in [0, 0.05) is 10.9 Å². The Bertz CT molecular complexity index is 662. The average molecular weight is 272 g/mol. The monoisotopic (exact) mass is 272 g/mol. The van der Waals surface area contributed by atoms with Crippen molar-refractivity contribution in [2.75, 3.05) is 6.61 Å². The first-order valence-corrected chi connectivity index (χ1v) is 6.98. The number of allylic oxidation sites excluding steroid dienone is 2. The molecule has 0 atom stereocenters. The van der Waals surface area contributed by atoms with Crippen LogP contribution < -0.4 is 0 Å². The molecular formula is C17H20O3. The minimum absolute atomic E-state index is 0.303. The van der Waals surface area contributed by atoms with Gasteiger partial charge >= 0.3 is 5.97 Å². The first-order chi connectivity index (χ1) is 9.62. The molecule has 0 aliphatic heterocycles. The topological polar surface area (TPSA) is 39.4 Å². The standard InChI is InChI=1S/C17H20O3/c1-5-12(6-2)13-8-9-15-14(10-13)11(4)16(20-15)17(18)19-7-3/h5,8-10H,6-7H2,1-4H3/b12-5-. The van der Waals surface area contributed by atoms with E-state index in [0.717, 1.165) is 23.0 Å². The van der Waals surface area contributed by atoms with Gasteiger partial charge in [0.1, 0.15) is 5.58 Å². The van der Waals surface area contributed by atoms with Crippen LogP contribution >= 0.6 is 0 Å². The fourth-order valence-electron chi connectivity index (χ4n) is 2.39. The van der Waals surface area contributed by atoms with Crippen molar-refractivity contribution in [3.8, 4) is 0 Å². The van der Waals surface area contributed by atoms with E-state index in [-0.39, 0.29) is 0 Å². The molecule has 0 unspecified atom stereocenters. The fourth-order valence-corrected chi connectivity index (χ4v) is 2.39. The third-order valence-corrected chi connectivity index (χ3v) is 3.50. The fraction of sp³-hybridized carbons (Fsp3) is 0.353. The number of carbonyl (C=O) groups excluding carboxylic acids is 1. The van der Waals surface area contributed by atoms with Crippen LogP contribution in [0, 0.1) is 6.92 Å². The van der Waals surface area contributed by atoms with E-state index in [4.69, 9.17) is 9.15 Å². The summed E-state index contributed by atoms with van der Waals surface area (Å²) in [4.78, 5) is 11.8. The largest absolute Gasteiger partial charge is 0.460 e. The highest BCUT2D eigenvalue weighted by molar-refractivity contribution is 5.96. The van der Waals surface area contributed by atoms with Crippen molar-refractivity contribution >= 4 is 22.5 Å². The molecule has 3 nitrogen and oxygen atoms in total. The molecule has 1 aromatic heterocycles. The van der Waals surface area contributed by atoms with Crippen LogP contribution in [0.25, 0.3) is 16.5 Å². The minimum atomic E-state index is -0.399. The molecule has 0 amide bonds. The Kier molecular flexibility index (Phi) is 4.28. The first-order valence-electron chi connectivity index (χ1n) is 6.98. The Labute approximate surface area is 119 Å². The van der Waals surface area contributed by atoms with Gasteiger partial charge in [-0.1, -0.05) is 19.1 Å². The maximum atomic E-state index is 11.8. The van der Waals surface area contributed by atoms with Crippen molar-refractivity contribution in [3.05, 3.63) is 41.2 Å². The van der Waals surface area contributed by atoms with E-state index in [1.807, 2.05) is 26.0 Å². The van der Waals surface area contributed by atoms with Gasteiger partial charge in [-0.05, 0) is 50.5 Å². The molecule has 106 valence electrons. The van der Waals surface area contributed by atoms with Gasteiger partial charge in [-0.15, -0.1) is 0 Å². The quantitative estimate of drug-likeness (QED) is 0.755. The smallest absolute Gasteiger partial charge is 0.374 e. The molecule has 1 heterocycles. The average Bonchev–Trinajstić information content (AvgIpc) is 2.78. The zero-order valence-corrected chi connectivity index (χ0v) is 12.4. The van der Waals surface area contributed by atoms with Crippen LogP contribution in [0.3, 0.4) is 0 Å². The zero-order valence-electron chi connectivity index (χ0n) is 12.4. The summed E-state index contributed by atoms with van der Waals surface area (Å²) in [5.41, 5.74) is 4.01. The summed E-state index contributed by atoms with van der Waals surface area (Å²) in [5, 5.41) is 0.971. The second kappa shape index (κ2) is 5.95. The Morgan fingerprint density at radius 2 is 2.10 bits per heavy atom. The van der Waals surface area contributed by atoms with Gasteiger partial charge < -0.3 is 9.15 Å². The molecule has 2 aromatic rings. The van der Waals surface area contributed by atoms with E-state index in [2.05, 4.69) is 19.1 Å². The van der Waals surface area contributed by atoms with E-state index in [0.29, 0.717) is 12.4 Å². The van der Waals surface area contributed by atoms with Crippen LogP contribution in [-0.2, 0) is 4.74 Å². The first kappa shape index (κ1) is 14.4. The molecular weight excluding hydrogens is 252 g/mol. The van der Waals surface area contributed by atoms with Crippen molar-refractivity contribution in [3.63, 3.8) is 0 Å². The molecule has 0 N–H and O–H groups in total. The molecule has 0 aliphatic rings. The van der Waals surface area contributed by atoms with Crippen LogP contribution in [0.5, 0.6) is 0 Å². The van der Waals surface area contributed by atoms with Crippen molar-refractivity contribution in [2.45, 2.75) is 34.1 Å². The zero-order chi connectivity index (χ0) is 14.7. The summed E-state index contributed by atoms with van der Waals surface area (Å²) in [7, 11) is 0. The number of carbonyl (C=O) groups is 1. The van der Waals surface area contributed by atoms with Gasteiger partial charge in [-0.25, -0.2) is 4.79 Å². The lowest BCUT2D eigenvalue weighted by Gasteiger charge is -2.04. The molecule has 0 radical (unpaired) electrons. The van der Waals surface area contributed by atoms with Gasteiger partial charge in [-0.2, -0.15) is 0 Å². The Balaban J connectivity index is 2.53. The number of aryl methyl sites for hydroxylation is 1. The van der Waals surface area contributed by atoms with E-state index in [1.165, 1.54) is 11.1 Å². The number of furan rings is 1. The molecule has 0 spiro atoms. The lowest BCUT2D eigenvalue weighted by molar-refractivity contribution is 0.0491. The SMILES string of the molecule is C/C=C(/CC)c1ccc2oc(C(=O)OCC)c(C)c2c1. The van der Waals surface area contributed by atoms with Gasteiger partial charge in [0.05, 0.1) is 6.61 Å². The number of rotatable bonds is 4. The lowest BCUT2D eigenvalue weighted by atomic mass is 10.0. The third-order valence-electron chi connectivity index (χ3n) is 3.50. The number of ether oxygens (including phenoxy) is 1. The minimum Gasteiger partial charge on any atom is -0.460 e. The van der Waals surface area contributed by atoms with Crippen molar-refractivity contribution in [1.82, 2.24) is 0 Å². The number of hydrogen-bond donors (Lipinski definition) is 0. The normalized spacial score (nSPS) is 11.9. The second-order valence-corrected chi connectivity index (χ2v) is 4.66. The highest BCUT2D eigenvalue weighted by atomic mass is 16.5. The predicted octanol–water partition coefficient (Wildman–Crippen LogP) is 4.73. The molecule has 20 heavy (non-hydrogen) atoms. The maximum Gasteiger partial charge on any atom is 0.374 e. The van der Waals surface area contributed by atoms with Gasteiger partial charge in [0.15, 0.2) is 0 Å². The number of hydrogen-bond acceptors (Lipinski definition) is 3. The molecule has 2 rings (SSSR count). The molecule has 0 aliphatic carbocycles. The van der Waals surface area contributed by atoms with Crippen LogP contribution in [0.4, 0.5) is 0 Å². The number of esters is 1. The van der Waals surface area contributed by atoms with Crippen molar-refractivity contribution in [2.24, 2.45) is 0 Å². The maximum absolute atomic E-state index is 11.8. The summed E-state index contributed by atoms with van der Waals surface area (Å²) in [6.07, 6.45) is 3.09. The van der Waals surface area contributed by atoms with Crippen molar-refractivity contribution in [1.29, 1.82) is 0 Å². The molecule has 0 fully saturated rings. The van der Waals surface area contributed by atoms with E-state index < -0.39 is 5.97 Å². The highest BCUT2D eigenvalue weighted by Gasteiger charge is 2.19. The van der Waals surface area contributed by atoms with Crippen LogP contribution in [0.15, 0.2) is 28.7 Å². The summed E-state index contributed by atoms with van der Waals surface area (Å²) < 4.78 is 10.6.